The summed E-state index contributed by atoms with van der Waals surface area (Å²) < 4.78 is 11.9. The fraction of sp³-hybridized carbons (Fsp3) is 0.581. The zero-order valence-corrected chi connectivity index (χ0v) is 34.1. The predicted octanol–water partition coefficient (Wildman–Crippen LogP) is 5.63. The maximum atomic E-state index is 14.4. The minimum atomic E-state index is -1.41. The van der Waals surface area contributed by atoms with Gasteiger partial charge >= 0.3 is 0 Å². The fourth-order valence-corrected chi connectivity index (χ4v) is 8.29. The third-order valence-corrected chi connectivity index (χ3v) is 11.5. The van der Waals surface area contributed by atoms with E-state index in [1.54, 1.807) is 39.8 Å². The van der Waals surface area contributed by atoms with Crippen LogP contribution in [0, 0.1) is 30.6 Å². The molecule has 0 radical (unpaired) electrons. The Labute approximate surface area is 324 Å². The zero-order chi connectivity index (χ0) is 40.6. The number of phenols is 2. The summed E-state index contributed by atoms with van der Waals surface area (Å²) in [5.41, 5.74) is -0.0925. The number of nitrogens with one attached hydrogen (secondary N) is 1. The Morgan fingerprint density at radius 3 is 2.25 bits per heavy atom. The van der Waals surface area contributed by atoms with Crippen LogP contribution in [0.2, 0.25) is 0 Å². The Bertz CT molecular complexity index is 2020. The van der Waals surface area contributed by atoms with E-state index in [1.807, 2.05) is 46.0 Å². The van der Waals surface area contributed by atoms with E-state index in [0.29, 0.717) is 36.6 Å². The Hall–Kier alpha value is -4.10. The van der Waals surface area contributed by atoms with Gasteiger partial charge in [0, 0.05) is 54.8 Å². The lowest BCUT2D eigenvalue weighted by atomic mass is 9.80. The number of ether oxygens (including phenoxy) is 2. The number of piperidine rings is 1. The van der Waals surface area contributed by atoms with Crippen LogP contribution in [0.3, 0.4) is 0 Å². The summed E-state index contributed by atoms with van der Waals surface area (Å²) in [4.78, 5) is 40.6. The number of hydrogen-bond donors (Lipinski definition) is 5. The molecule has 12 heteroatoms. The average molecular weight is 761 g/mol. The van der Waals surface area contributed by atoms with Crippen LogP contribution in [0.15, 0.2) is 45.9 Å². The van der Waals surface area contributed by atoms with E-state index >= 15 is 0 Å². The molecule has 3 heterocycles. The van der Waals surface area contributed by atoms with Gasteiger partial charge in [0.1, 0.15) is 22.5 Å². The monoisotopic (exact) mass is 760 g/mol. The largest absolute Gasteiger partial charge is 0.507 e. The quantitative estimate of drug-likeness (QED) is 0.151. The van der Waals surface area contributed by atoms with Gasteiger partial charge in [-0.2, -0.15) is 0 Å². The van der Waals surface area contributed by atoms with E-state index in [9.17, 15) is 30.0 Å². The Balaban J connectivity index is 1.70. The number of amides is 1. The number of rotatable bonds is 3. The van der Waals surface area contributed by atoms with Gasteiger partial charge in [0.25, 0.3) is 5.91 Å². The number of Topliss-reactive ketones (excluding diaryl/α,β-unsaturated/α-hetero) is 1. The van der Waals surface area contributed by atoms with Crippen molar-refractivity contribution in [2.24, 2.45) is 33.7 Å². The summed E-state index contributed by atoms with van der Waals surface area (Å²) in [7, 11) is 3.45. The van der Waals surface area contributed by atoms with Crippen LogP contribution in [-0.2, 0) is 9.53 Å². The smallest absolute Gasteiger partial charge is 0.251 e. The van der Waals surface area contributed by atoms with Crippen molar-refractivity contribution in [1.82, 2.24) is 4.90 Å². The lowest BCUT2D eigenvalue weighted by Gasteiger charge is -2.38. The number of ketones is 1. The summed E-state index contributed by atoms with van der Waals surface area (Å²) in [6, 6.07) is 0. The van der Waals surface area contributed by atoms with E-state index in [0.717, 1.165) is 13.1 Å². The fourth-order valence-electron chi connectivity index (χ4n) is 8.29. The van der Waals surface area contributed by atoms with Crippen molar-refractivity contribution < 1.29 is 39.5 Å². The Morgan fingerprint density at radius 2 is 1.62 bits per heavy atom. The molecule has 0 saturated carbocycles. The van der Waals surface area contributed by atoms with Crippen LogP contribution in [0.5, 0.6) is 17.2 Å². The topological polar surface area (TPSA) is 174 Å². The highest BCUT2D eigenvalue weighted by Crippen LogP contribution is 2.45. The highest BCUT2D eigenvalue weighted by molar-refractivity contribution is 6.16. The summed E-state index contributed by atoms with van der Waals surface area (Å²) in [5.74, 6) is -3.27. The molecule has 4 unspecified atom stereocenters. The molecule has 1 saturated heterocycles. The summed E-state index contributed by atoms with van der Waals surface area (Å²) in [6.07, 6.45) is 10.2. The standard InChI is InChI=1S/C43H60N4O8/c1-23-14-13-16-25(3)41(52)44-35-34-33(45-43(46-34)18-20-47(9)21-19-43)31-30(40(54-10)28(6)37(50)32(31)38(35)51)29(48)17-12-11-15-24(2)36(49)27(5)39(26(4)22-23)55-42(7,8)53/h11-14,16,23-24,26-27,36,39,49-51,53H,15,17-22H2,1-10H3,(H,44,52)/b12-11+,14-13+,25-16-/t23?,24-,26?,27+,36?,39?/m1/s1. The molecule has 0 aromatic heterocycles. The molecule has 0 aliphatic carbocycles. The Morgan fingerprint density at radius 1 is 0.964 bits per heavy atom. The molecule has 1 fully saturated rings. The van der Waals surface area contributed by atoms with Crippen molar-refractivity contribution in [2.75, 3.05) is 32.6 Å². The number of carbonyl (C=O) groups is 2. The van der Waals surface area contributed by atoms with Crippen LogP contribution in [0.4, 0.5) is 5.69 Å². The van der Waals surface area contributed by atoms with Gasteiger partial charge < -0.3 is 40.1 Å². The molecule has 2 bridgehead atoms. The third-order valence-electron chi connectivity index (χ3n) is 11.5. The molecule has 55 heavy (non-hydrogen) atoms. The number of phenolic OH excluding ortho intramolecular Hbond substituents is 2. The SMILES string of the molecule is COc1c(C)c(O)c2c(O)c3c4c(c2c1C(=O)C/C=C/C[C@@H](C)C(O)[C@H](C)C(OC(C)(C)O)C(C)CC(C)/C=C/C=C(/C)C(=O)N3)=NC1(CCN(C)CC1)N=4. The normalized spacial score (nSPS) is 29.3. The molecular weight excluding hydrogens is 700 g/mol. The first-order valence-electron chi connectivity index (χ1n) is 19.5. The van der Waals surface area contributed by atoms with Crippen molar-refractivity contribution in [3.05, 3.63) is 57.8 Å². The maximum Gasteiger partial charge on any atom is 0.251 e. The first-order valence-corrected chi connectivity index (χ1v) is 19.5. The van der Waals surface area contributed by atoms with E-state index in [-0.39, 0.29) is 80.3 Å². The van der Waals surface area contributed by atoms with Gasteiger partial charge in [-0.3, -0.25) is 19.6 Å². The highest BCUT2D eigenvalue weighted by atomic mass is 16.6. The first kappa shape index (κ1) is 42.1. The first-order chi connectivity index (χ1) is 25.8. The molecule has 1 spiro atoms. The number of anilines is 1. The minimum Gasteiger partial charge on any atom is -0.507 e. The van der Waals surface area contributed by atoms with Crippen molar-refractivity contribution >= 4 is 28.2 Å². The number of benzene rings is 2. The molecule has 3 aliphatic rings. The summed E-state index contributed by atoms with van der Waals surface area (Å²) in [6.45, 7) is 15.9. The lowest BCUT2D eigenvalue weighted by Crippen LogP contribution is -2.44. The van der Waals surface area contributed by atoms with Crippen molar-refractivity contribution in [2.45, 2.75) is 111 Å². The lowest BCUT2D eigenvalue weighted by molar-refractivity contribution is -0.235. The van der Waals surface area contributed by atoms with Gasteiger partial charge in [-0.15, -0.1) is 0 Å². The zero-order valence-electron chi connectivity index (χ0n) is 34.1. The molecule has 3 aliphatic heterocycles. The molecule has 300 valence electrons. The number of nitrogens with zero attached hydrogens (tertiary/aromatic N) is 3. The number of likely N-dealkylation sites (tertiary alicyclic amines) is 1. The number of methoxy groups -OCH3 is 1. The van der Waals surface area contributed by atoms with Crippen LogP contribution in [0.1, 0.15) is 96.5 Å². The molecular formula is C43H60N4O8. The second-order valence-corrected chi connectivity index (χ2v) is 16.6. The van der Waals surface area contributed by atoms with E-state index in [2.05, 4.69) is 17.1 Å². The van der Waals surface area contributed by atoms with Crippen LogP contribution < -0.4 is 20.8 Å². The van der Waals surface area contributed by atoms with Crippen LogP contribution in [-0.4, -0.2) is 87.9 Å². The van der Waals surface area contributed by atoms with Gasteiger partial charge in [0.2, 0.25) is 0 Å². The molecule has 12 nitrogen and oxygen atoms in total. The van der Waals surface area contributed by atoms with E-state index in [1.165, 1.54) is 7.11 Å². The Kier molecular flexibility index (Phi) is 12.7. The molecule has 2 aromatic rings. The third kappa shape index (κ3) is 8.83. The summed E-state index contributed by atoms with van der Waals surface area (Å²) in [5, 5.41) is 49.5. The molecule has 5 N–H and O–H groups in total. The maximum absolute atomic E-state index is 14.4. The second-order valence-electron chi connectivity index (χ2n) is 16.6. The number of hydrogen-bond acceptors (Lipinski definition) is 11. The van der Waals surface area contributed by atoms with Gasteiger partial charge in [-0.05, 0) is 65.3 Å². The van der Waals surface area contributed by atoms with Crippen molar-refractivity contribution in [3.63, 3.8) is 0 Å². The highest BCUT2D eigenvalue weighted by Gasteiger charge is 2.39. The molecule has 2 aromatic carbocycles. The van der Waals surface area contributed by atoms with Crippen LogP contribution in [0.25, 0.3) is 10.8 Å². The minimum absolute atomic E-state index is 0.0139. The number of carbonyl (C=O) groups excluding carboxylic acids is 2. The van der Waals surface area contributed by atoms with Gasteiger partial charge in [0.15, 0.2) is 23.0 Å². The average Bonchev–Trinajstić information content (AvgIpc) is 3.50. The second kappa shape index (κ2) is 16.6. The van der Waals surface area contributed by atoms with Crippen molar-refractivity contribution in [1.29, 1.82) is 0 Å². The predicted molar refractivity (Wildman–Crippen MR) is 213 cm³/mol. The summed E-state index contributed by atoms with van der Waals surface area (Å²) >= 11 is 0. The number of aliphatic hydroxyl groups is 2. The number of aromatic hydroxyl groups is 2. The van der Waals surface area contributed by atoms with Gasteiger partial charge in [0.05, 0.1) is 35.6 Å². The number of aliphatic hydroxyl groups excluding tert-OH is 1. The van der Waals surface area contributed by atoms with Gasteiger partial charge in [-0.1, -0.05) is 58.1 Å². The van der Waals surface area contributed by atoms with Gasteiger partial charge in [-0.25, -0.2) is 0 Å². The van der Waals surface area contributed by atoms with E-state index < -0.39 is 35.3 Å². The molecule has 1 amide bonds. The van der Waals surface area contributed by atoms with Crippen LogP contribution >= 0.6 is 0 Å². The molecule has 5 rings (SSSR count). The number of allylic oxidation sites excluding steroid dienone is 5. The molecule has 6 atom stereocenters. The van der Waals surface area contributed by atoms with E-state index in [4.69, 9.17) is 19.5 Å². The van der Waals surface area contributed by atoms with Crippen molar-refractivity contribution in [3.8, 4) is 17.2 Å².